The molecular weight excluding hydrogens is 236 g/mol. The van der Waals surface area contributed by atoms with E-state index >= 15 is 0 Å². The molecule has 0 spiro atoms. The number of Topliss-reactive ketones (excluding diaryl/α,β-unsaturated/α-hetero) is 1. The first-order valence-corrected chi connectivity index (χ1v) is 6.88. The normalized spacial score (nSPS) is 10.4. The van der Waals surface area contributed by atoms with Crippen molar-refractivity contribution < 1.29 is 14.7 Å². The van der Waals surface area contributed by atoms with Crippen LogP contribution < -0.4 is 0 Å². The van der Waals surface area contributed by atoms with Gasteiger partial charge in [0.15, 0.2) is 5.78 Å². The summed E-state index contributed by atoms with van der Waals surface area (Å²) in [6.07, 6.45) is 5.90. The lowest BCUT2D eigenvalue weighted by atomic mass is 10.0. The number of carbonyl (C=O) groups excluding carboxylic acids is 1. The highest BCUT2D eigenvalue weighted by molar-refractivity contribution is 7.12. The second-order valence-electron chi connectivity index (χ2n) is 4.06. The maximum Gasteiger partial charge on any atom is 0.346 e. The fourth-order valence-corrected chi connectivity index (χ4v) is 2.47. The summed E-state index contributed by atoms with van der Waals surface area (Å²) in [6, 6.07) is 1.61. The Morgan fingerprint density at radius 3 is 2.59 bits per heavy atom. The van der Waals surface area contributed by atoms with Crippen LogP contribution in [0.15, 0.2) is 11.4 Å². The fourth-order valence-electron chi connectivity index (χ4n) is 1.72. The van der Waals surface area contributed by atoms with Crippen molar-refractivity contribution in [3.05, 3.63) is 21.9 Å². The van der Waals surface area contributed by atoms with E-state index in [-0.39, 0.29) is 10.7 Å². The minimum Gasteiger partial charge on any atom is -0.477 e. The number of carboxylic acids is 1. The number of aromatic carboxylic acids is 1. The maximum atomic E-state index is 11.8. The largest absolute Gasteiger partial charge is 0.477 e. The summed E-state index contributed by atoms with van der Waals surface area (Å²) in [5, 5.41) is 10.6. The highest BCUT2D eigenvalue weighted by Gasteiger charge is 2.17. The maximum absolute atomic E-state index is 11.8. The summed E-state index contributed by atoms with van der Waals surface area (Å²) in [4.78, 5) is 22.8. The molecule has 0 unspecified atom stereocenters. The summed E-state index contributed by atoms with van der Waals surface area (Å²) in [6.45, 7) is 2.15. The second-order valence-corrected chi connectivity index (χ2v) is 4.97. The lowest BCUT2D eigenvalue weighted by molar-refractivity contribution is 0.0697. The molecule has 1 rings (SSSR count). The highest BCUT2D eigenvalue weighted by Crippen LogP contribution is 2.19. The molecule has 0 bridgehead atoms. The number of thiophene rings is 1. The van der Waals surface area contributed by atoms with Gasteiger partial charge in [-0.3, -0.25) is 4.79 Å². The molecule has 0 saturated carbocycles. The van der Waals surface area contributed by atoms with Gasteiger partial charge in [0.2, 0.25) is 0 Å². The number of hydrogen-bond acceptors (Lipinski definition) is 3. The Balaban J connectivity index is 2.42. The third-order valence-electron chi connectivity index (χ3n) is 2.67. The van der Waals surface area contributed by atoms with Crippen molar-refractivity contribution in [2.24, 2.45) is 0 Å². The molecule has 17 heavy (non-hydrogen) atoms. The van der Waals surface area contributed by atoms with E-state index in [1.807, 2.05) is 0 Å². The molecule has 0 aliphatic rings. The lowest BCUT2D eigenvalue weighted by Crippen LogP contribution is -2.04. The molecule has 1 aromatic heterocycles. The molecule has 0 saturated heterocycles. The van der Waals surface area contributed by atoms with E-state index in [4.69, 9.17) is 5.11 Å². The van der Waals surface area contributed by atoms with Crippen molar-refractivity contribution in [2.45, 2.75) is 45.4 Å². The molecule has 0 fully saturated rings. The average Bonchev–Trinajstić information content (AvgIpc) is 2.77. The third-order valence-corrected chi connectivity index (χ3v) is 3.57. The van der Waals surface area contributed by atoms with Gasteiger partial charge in [0.25, 0.3) is 0 Å². The summed E-state index contributed by atoms with van der Waals surface area (Å²) >= 11 is 1.11. The van der Waals surface area contributed by atoms with Crippen LogP contribution in [0.3, 0.4) is 0 Å². The van der Waals surface area contributed by atoms with Crippen molar-refractivity contribution in [1.29, 1.82) is 0 Å². The van der Waals surface area contributed by atoms with Gasteiger partial charge >= 0.3 is 5.97 Å². The van der Waals surface area contributed by atoms with Crippen LogP contribution in [0, 0.1) is 0 Å². The standard InChI is InChI=1S/C13H18O3S/c1-2-3-4-5-6-7-11(14)10-8-9-17-12(10)13(15)16/h8-9H,2-7H2,1H3,(H,15,16). The first kappa shape index (κ1) is 13.9. The molecular formula is C13H18O3S. The van der Waals surface area contributed by atoms with Gasteiger partial charge in [-0.25, -0.2) is 4.79 Å². The summed E-state index contributed by atoms with van der Waals surface area (Å²) in [7, 11) is 0. The summed E-state index contributed by atoms with van der Waals surface area (Å²) in [5.41, 5.74) is 0.373. The minimum atomic E-state index is -1.01. The Labute approximate surface area is 105 Å². The van der Waals surface area contributed by atoms with Crippen LogP contribution in [0.5, 0.6) is 0 Å². The molecule has 1 aromatic rings. The van der Waals surface area contributed by atoms with Crippen molar-refractivity contribution in [3.8, 4) is 0 Å². The number of rotatable bonds is 8. The quantitative estimate of drug-likeness (QED) is 0.563. The average molecular weight is 254 g/mol. The van der Waals surface area contributed by atoms with E-state index in [1.165, 1.54) is 12.8 Å². The first-order valence-electron chi connectivity index (χ1n) is 6.00. The number of hydrogen-bond donors (Lipinski definition) is 1. The zero-order valence-corrected chi connectivity index (χ0v) is 10.9. The zero-order chi connectivity index (χ0) is 12.7. The number of unbranched alkanes of at least 4 members (excludes halogenated alkanes) is 4. The van der Waals surface area contributed by atoms with Crippen LogP contribution in [0.25, 0.3) is 0 Å². The summed E-state index contributed by atoms with van der Waals surface area (Å²) < 4.78 is 0. The number of ketones is 1. The van der Waals surface area contributed by atoms with Gasteiger partial charge in [0, 0.05) is 12.0 Å². The van der Waals surface area contributed by atoms with Gasteiger partial charge in [-0.05, 0) is 17.9 Å². The molecule has 0 amide bonds. The zero-order valence-electron chi connectivity index (χ0n) is 10.1. The van der Waals surface area contributed by atoms with Crippen LogP contribution in [0.4, 0.5) is 0 Å². The molecule has 0 aliphatic carbocycles. The molecule has 0 aromatic carbocycles. The van der Waals surface area contributed by atoms with Gasteiger partial charge < -0.3 is 5.11 Å². The SMILES string of the molecule is CCCCCCCC(=O)c1ccsc1C(=O)O. The fraction of sp³-hybridized carbons (Fsp3) is 0.538. The molecule has 1 heterocycles. The predicted molar refractivity (Wildman–Crippen MR) is 69.0 cm³/mol. The molecule has 1 N–H and O–H groups in total. The molecule has 94 valence electrons. The lowest BCUT2D eigenvalue weighted by Gasteiger charge is -2.00. The number of carbonyl (C=O) groups is 2. The Kier molecular flexibility index (Phi) is 5.91. The van der Waals surface area contributed by atoms with E-state index in [9.17, 15) is 9.59 Å². The first-order chi connectivity index (χ1) is 8.16. The van der Waals surface area contributed by atoms with Gasteiger partial charge in [0.1, 0.15) is 4.88 Å². The highest BCUT2D eigenvalue weighted by atomic mass is 32.1. The van der Waals surface area contributed by atoms with Gasteiger partial charge in [0.05, 0.1) is 0 Å². The Bertz CT molecular complexity index is 382. The molecule has 0 aliphatic heterocycles. The van der Waals surface area contributed by atoms with Gasteiger partial charge in [-0.2, -0.15) is 0 Å². The van der Waals surface area contributed by atoms with Crippen molar-refractivity contribution in [2.75, 3.05) is 0 Å². The van der Waals surface area contributed by atoms with Gasteiger partial charge in [-0.15, -0.1) is 11.3 Å². The Morgan fingerprint density at radius 1 is 1.24 bits per heavy atom. The monoisotopic (exact) mass is 254 g/mol. The molecule has 0 radical (unpaired) electrons. The minimum absolute atomic E-state index is 0.0415. The van der Waals surface area contributed by atoms with Crippen molar-refractivity contribution >= 4 is 23.1 Å². The van der Waals surface area contributed by atoms with E-state index < -0.39 is 5.97 Å². The van der Waals surface area contributed by atoms with Crippen molar-refractivity contribution in [3.63, 3.8) is 0 Å². The van der Waals surface area contributed by atoms with Crippen LogP contribution >= 0.6 is 11.3 Å². The topological polar surface area (TPSA) is 54.4 Å². The van der Waals surface area contributed by atoms with Crippen molar-refractivity contribution in [1.82, 2.24) is 0 Å². The van der Waals surface area contributed by atoms with E-state index in [0.29, 0.717) is 12.0 Å². The molecule has 4 heteroatoms. The van der Waals surface area contributed by atoms with E-state index in [0.717, 1.165) is 30.6 Å². The van der Waals surface area contributed by atoms with Crippen LogP contribution in [0.1, 0.15) is 65.5 Å². The van der Waals surface area contributed by atoms with E-state index in [1.54, 1.807) is 11.4 Å². The summed E-state index contributed by atoms with van der Waals surface area (Å²) in [5.74, 6) is -1.05. The van der Waals surface area contributed by atoms with Crippen LogP contribution in [-0.2, 0) is 0 Å². The van der Waals surface area contributed by atoms with E-state index in [2.05, 4.69) is 6.92 Å². The third kappa shape index (κ3) is 4.30. The van der Waals surface area contributed by atoms with Crippen LogP contribution in [0.2, 0.25) is 0 Å². The molecule has 3 nitrogen and oxygen atoms in total. The number of carboxylic acid groups (broad SMARTS) is 1. The molecule has 0 atom stereocenters. The Morgan fingerprint density at radius 2 is 1.94 bits per heavy atom. The Hall–Kier alpha value is -1.16. The predicted octanol–water partition coefficient (Wildman–Crippen LogP) is 3.99. The van der Waals surface area contributed by atoms with Gasteiger partial charge in [-0.1, -0.05) is 32.6 Å². The second kappa shape index (κ2) is 7.22. The van der Waals surface area contributed by atoms with Crippen LogP contribution in [-0.4, -0.2) is 16.9 Å². The smallest absolute Gasteiger partial charge is 0.346 e.